The smallest absolute Gasteiger partial charge is 0.415 e. The SMILES string of the molecule is COc1cc2ncnc(-c3cn(C)nc3-c3ccccc3)c2cc1OC(=O)N1[C@H](C)CN(C)C[C@@H]1C. The molecule has 1 aliphatic heterocycles. The summed E-state index contributed by atoms with van der Waals surface area (Å²) in [6.45, 7) is 5.64. The van der Waals surface area contributed by atoms with Crippen molar-refractivity contribution in [2.45, 2.75) is 25.9 Å². The van der Waals surface area contributed by atoms with E-state index in [0.29, 0.717) is 22.7 Å². The molecular weight excluding hydrogens is 456 g/mol. The van der Waals surface area contributed by atoms with Crippen LogP contribution in [0.1, 0.15) is 13.8 Å². The third-order valence-corrected chi connectivity index (χ3v) is 6.56. The molecule has 9 nitrogen and oxygen atoms in total. The van der Waals surface area contributed by atoms with Crippen LogP contribution in [-0.2, 0) is 7.05 Å². The number of aromatic nitrogens is 4. The molecule has 1 fully saturated rings. The number of likely N-dealkylation sites (N-methyl/N-ethyl adjacent to an activating group) is 1. The van der Waals surface area contributed by atoms with Crippen molar-refractivity contribution >= 4 is 17.0 Å². The molecule has 2 aromatic heterocycles. The lowest BCUT2D eigenvalue weighted by Crippen LogP contribution is -2.58. The molecule has 36 heavy (non-hydrogen) atoms. The minimum absolute atomic E-state index is 0.0282. The third kappa shape index (κ3) is 4.37. The van der Waals surface area contributed by atoms with E-state index < -0.39 is 6.09 Å². The molecule has 4 aromatic rings. The highest BCUT2D eigenvalue weighted by molar-refractivity contribution is 5.97. The Balaban J connectivity index is 1.58. The number of aryl methyl sites for hydroxylation is 1. The van der Waals surface area contributed by atoms with E-state index in [4.69, 9.17) is 9.47 Å². The molecule has 0 radical (unpaired) electrons. The first kappa shape index (κ1) is 23.7. The van der Waals surface area contributed by atoms with Gasteiger partial charge in [0.15, 0.2) is 11.5 Å². The number of carbonyl (C=O) groups is 1. The van der Waals surface area contributed by atoms with Crippen LogP contribution in [-0.4, -0.2) is 75.0 Å². The van der Waals surface area contributed by atoms with Gasteiger partial charge in [-0.15, -0.1) is 0 Å². The van der Waals surface area contributed by atoms with Gasteiger partial charge in [0.2, 0.25) is 0 Å². The summed E-state index contributed by atoms with van der Waals surface area (Å²) >= 11 is 0. The summed E-state index contributed by atoms with van der Waals surface area (Å²) in [5.74, 6) is 0.763. The molecule has 0 aliphatic carbocycles. The van der Waals surface area contributed by atoms with Crippen LogP contribution in [0.5, 0.6) is 11.5 Å². The second-order valence-electron chi connectivity index (χ2n) is 9.37. The Kier molecular flexibility index (Phi) is 6.32. The summed E-state index contributed by atoms with van der Waals surface area (Å²) in [7, 11) is 5.50. The van der Waals surface area contributed by atoms with Crippen molar-refractivity contribution in [1.29, 1.82) is 0 Å². The lowest BCUT2D eigenvalue weighted by atomic mass is 10.0. The number of nitrogens with zero attached hydrogens (tertiary/aromatic N) is 6. The van der Waals surface area contributed by atoms with Crippen molar-refractivity contribution < 1.29 is 14.3 Å². The van der Waals surface area contributed by atoms with E-state index in [9.17, 15) is 4.79 Å². The number of rotatable bonds is 4. The number of piperazine rings is 1. The first-order valence-electron chi connectivity index (χ1n) is 12.0. The topological polar surface area (TPSA) is 85.6 Å². The molecule has 9 heteroatoms. The molecule has 5 rings (SSSR count). The van der Waals surface area contributed by atoms with Gasteiger partial charge in [0.05, 0.1) is 18.3 Å². The second-order valence-corrected chi connectivity index (χ2v) is 9.37. The van der Waals surface area contributed by atoms with E-state index in [1.807, 2.05) is 57.4 Å². The molecule has 3 heterocycles. The molecule has 0 saturated carbocycles. The lowest BCUT2D eigenvalue weighted by molar-refractivity contribution is 0.0552. The van der Waals surface area contributed by atoms with E-state index in [-0.39, 0.29) is 12.1 Å². The quantitative estimate of drug-likeness (QED) is 0.427. The van der Waals surface area contributed by atoms with Gasteiger partial charge >= 0.3 is 6.09 Å². The van der Waals surface area contributed by atoms with Gasteiger partial charge in [-0.3, -0.25) is 9.58 Å². The summed E-state index contributed by atoms with van der Waals surface area (Å²) in [4.78, 5) is 26.4. The number of ether oxygens (including phenoxy) is 2. The van der Waals surface area contributed by atoms with Crippen molar-refractivity contribution in [3.8, 4) is 34.0 Å². The third-order valence-electron chi connectivity index (χ3n) is 6.56. The molecule has 1 amide bonds. The number of benzene rings is 2. The van der Waals surface area contributed by atoms with Crippen LogP contribution in [0.25, 0.3) is 33.4 Å². The Morgan fingerprint density at radius 1 is 0.972 bits per heavy atom. The molecule has 2 atom stereocenters. The Labute approximate surface area is 210 Å². The van der Waals surface area contributed by atoms with Gasteiger partial charge in [0, 0.05) is 61.0 Å². The maximum absolute atomic E-state index is 13.3. The molecule has 0 N–H and O–H groups in total. The van der Waals surface area contributed by atoms with Gasteiger partial charge in [0.25, 0.3) is 0 Å². The van der Waals surface area contributed by atoms with Gasteiger partial charge in [-0.25, -0.2) is 14.8 Å². The summed E-state index contributed by atoms with van der Waals surface area (Å²) in [6.07, 6.45) is 3.07. The largest absolute Gasteiger partial charge is 0.493 e. The van der Waals surface area contributed by atoms with Crippen LogP contribution >= 0.6 is 0 Å². The first-order chi connectivity index (χ1) is 17.4. The van der Waals surface area contributed by atoms with E-state index in [2.05, 4.69) is 27.0 Å². The molecule has 2 aromatic carbocycles. The molecule has 1 aliphatic rings. The van der Waals surface area contributed by atoms with Crippen LogP contribution in [0.3, 0.4) is 0 Å². The van der Waals surface area contributed by atoms with Crippen LogP contribution in [0, 0.1) is 0 Å². The van der Waals surface area contributed by atoms with Gasteiger partial charge in [0.1, 0.15) is 12.0 Å². The Bertz CT molecular complexity index is 1390. The number of hydrogen-bond donors (Lipinski definition) is 0. The second kappa shape index (κ2) is 9.58. The van der Waals surface area contributed by atoms with E-state index in [1.165, 1.54) is 6.33 Å². The number of amides is 1. The van der Waals surface area contributed by atoms with Crippen molar-refractivity contribution in [3.63, 3.8) is 0 Å². The van der Waals surface area contributed by atoms with Gasteiger partial charge in [-0.1, -0.05) is 30.3 Å². The fraction of sp³-hybridized carbons (Fsp3) is 0.333. The molecular formula is C27H30N6O3. The highest BCUT2D eigenvalue weighted by Crippen LogP contribution is 2.38. The van der Waals surface area contributed by atoms with Crippen LogP contribution in [0.4, 0.5) is 4.79 Å². The molecule has 0 unspecified atom stereocenters. The summed E-state index contributed by atoms with van der Waals surface area (Å²) in [5, 5.41) is 5.43. The van der Waals surface area contributed by atoms with Gasteiger partial charge in [-0.2, -0.15) is 5.10 Å². The summed E-state index contributed by atoms with van der Waals surface area (Å²) in [5.41, 5.74) is 4.04. The molecule has 1 saturated heterocycles. The lowest BCUT2D eigenvalue weighted by Gasteiger charge is -2.42. The Morgan fingerprint density at radius 2 is 1.69 bits per heavy atom. The van der Waals surface area contributed by atoms with Crippen molar-refractivity contribution in [2.24, 2.45) is 7.05 Å². The normalized spacial score (nSPS) is 18.4. The summed E-state index contributed by atoms with van der Waals surface area (Å²) < 4.78 is 13.3. The van der Waals surface area contributed by atoms with Crippen LogP contribution < -0.4 is 9.47 Å². The van der Waals surface area contributed by atoms with Crippen molar-refractivity contribution in [1.82, 2.24) is 29.5 Å². The Hall–Kier alpha value is -3.98. The highest BCUT2D eigenvalue weighted by Gasteiger charge is 2.33. The van der Waals surface area contributed by atoms with Crippen molar-refractivity contribution in [2.75, 3.05) is 27.2 Å². The van der Waals surface area contributed by atoms with E-state index in [0.717, 1.165) is 35.3 Å². The zero-order chi connectivity index (χ0) is 25.4. The number of carbonyl (C=O) groups excluding carboxylic acids is 1. The average molecular weight is 487 g/mol. The fourth-order valence-corrected chi connectivity index (χ4v) is 5.08. The standard InChI is InChI=1S/C27H30N6O3/c1-17-13-31(3)14-18(2)33(17)27(34)36-24-11-20-22(12-23(24)35-5)28-16-29-26(20)21-15-32(4)30-25(21)19-9-7-6-8-10-19/h6-12,15-18H,13-14H2,1-5H3/t17-,18+. The van der Waals surface area contributed by atoms with E-state index >= 15 is 0 Å². The summed E-state index contributed by atoms with van der Waals surface area (Å²) in [6, 6.07) is 13.6. The first-order valence-corrected chi connectivity index (χ1v) is 12.0. The predicted molar refractivity (Wildman–Crippen MR) is 138 cm³/mol. The predicted octanol–water partition coefficient (Wildman–Crippen LogP) is 4.23. The monoisotopic (exact) mass is 486 g/mol. The van der Waals surface area contributed by atoms with Crippen LogP contribution in [0.2, 0.25) is 0 Å². The molecule has 186 valence electrons. The maximum Gasteiger partial charge on any atom is 0.415 e. The number of fused-ring (bicyclic) bond motifs is 1. The molecule has 0 bridgehead atoms. The Morgan fingerprint density at radius 3 is 2.39 bits per heavy atom. The zero-order valence-electron chi connectivity index (χ0n) is 21.2. The number of methoxy groups -OCH3 is 1. The van der Waals surface area contributed by atoms with Crippen molar-refractivity contribution in [3.05, 3.63) is 55.0 Å². The maximum atomic E-state index is 13.3. The van der Waals surface area contributed by atoms with Gasteiger partial charge in [-0.05, 0) is 27.0 Å². The number of hydrogen-bond acceptors (Lipinski definition) is 7. The zero-order valence-corrected chi connectivity index (χ0v) is 21.2. The van der Waals surface area contributed by atoms with E-state index in [1.54, 1.807) is 28.8 Å². The fourth-order valence-electron chi connectivity index (χ4n) is 5.08. The average Bonchev–Trinajstić information content (AvgIpc) is 3.24. The highest BCUT2D eigenvalue weighted by atomic mass is 16.6. The van der Waals surface area contributed by atoms with Crippen LogP contribution in [0.15, 0.2) is 55.0 Å². The minimum Gasteiger partial charge on any atom is -0.493 e. The minimum atomic E-state index is -0.398. The molecule has 0 spiro atoms. The van der Waals surface area contributed by atoms with Gasteiger partial charge < -0.3 is 14.4 Å².